The Morgan fingerprint density at radius 3 is 3.19 bits per heavy atom. The van der Waals surface area contributed by atoms with Crippen molar-refractivity contribution in [3.63, 3.8) is 0 Å². The predicted molar refractivity (Wildman–Crippen MR) is 66.3 cm³/mol. The van der Waals surface area contributed by atoms with Crippen LogP contribution in [-0.4, -0.2) is 45.1 Å². The lowest BCUT2D eigenvalue weighted by molar-refractivity contribution is 0.0696. The van der Waals surface area contributed by atoms with Gasteiger partial charge in [-0.2, -0.15) is 11.8 Å². The number of rotatable bonds is 3. The van der Waals surface area contributed by atoms with Crippen molar-refractivity contribution in [3.05, 3.63) is 16.1 Å². The fourth-order valence-electron chi connectivity index (χ4n) is 1.74. The second kappa shape index (κ2) is 5.16. The van der Waals surface area contributed by atoms with E-state index < -0.39 is 5.97 Å². The lowest BCUT2D eigenvalue weighted by Crippen LogP contribution is -2.36. The van der Waals surface area contributed by atoms with E-state index in [1.165, 1.54) is 11.3 Å². The Labute approximate surface area is 103 Å². The average Bonchev–Trinajstić information content (AvgIpc) is 2.66. The summed E-state index contributed by atoms with van der Waals surface area (Å²) >= 11 is 3.19. The summed E-state index contributed by atoms with van der Waals surface area (Å²) in [4.78, 5) is 17.1. The molecule has 0 saturated carbocycles. The van der Waals surface area contributed by atoms with Gasteiger partial charge in [0.1, 0.15) is 0 Å². The number of carbonyl (C=O) groups is 1. The summed E-state index contributed by atoms with van der Waals surface area (Å²) in [6.45, 7) is 5.12. The molecule has 1 aromatic heterocycles. The SMILES string of the molecule is CC1CN(Cc2csc(C(=O)O)n2)CCS1. The number of thioether (sulfide) groups is 1. The molecule has 1 unspecified atom stereocenters. The molecule has 1 saturated heterocycles. The van der Waals surface area contributed by atoms with E-state index in [4.69, 9.17) is 5.11 Å². The minimum atomic E-state index is -0.932. The Morgan fingerprint density at radius 2 is 2.56 bits per heavy atom. The Kier molecular flexibility index (Phi) is 3.83. The molecule has 2 rings (SSSR count). The van der Waals surface area contributed by atoms with Gasteiger partial charge in [0, 0.05) is 36.0 Å². The Morgan fingerprint density at radius 1 is 1.75 bits per heavy atom. The fourth-order valence-corrected chi connectivity index (χ4v) is 3.47. The minimum Gasteiger partial charge on any atom is -0.476 e. The van der Waals surface area contributed by atoms with Crippen molar-refractivity contribution in [2.24, 2.45) is 0 Å². The van der Waals surface area contributed by atoms with Gasteiger partial charge in [0.05, 0.1) is 5.69 Å². The van der Waals surface area contributed by atoms with E-state index >= 15 is 0 Å². The highest BCUT2D eigenvalue weighted by Gasteiger charge is 2.18. The van der Waals surface area contributed by atoms with Crippen molar-refractivity contribution in [2.75, 3.05) is 18.8 Å². The molecule has 1 N–H and O–H groups in total. The van der Waals surface area contributed by atoms with Gasteiger partial charge in [0.15, 0.2) is 0 Å². The summed E-state index contributed by atoms with van der Waals surface area (Å²) in [7, 11) is 0. The van der Waals surface area contributed by atoms with E-state index in [0.717, 1.165) is 31.1 Å². The number of hydrogen-bond donors (Lipinski definition) is 1. The molecule has 16 heavy (non-hydrogen) atoms. The Bertz CT molecular complexity index is 381. The first-order valence-corrected chi connectivity index (χ1v) is 7.09. The molecule has 0 aromatic carbocycles. The van der Waals surface area contributed by atoms with Gasteiger partial charge < -0.3 is 5.11 Å². The van der Waals surface area contributed by atoms with Gasteiger partial charge >= 0.3 is 5.97 Å². The van der Waals surface area contributed by atoms with Crippen molar-refractivity contribution in [1.29, 1.82) is 0 Å². The number of hydrogen-bond acceptors (Lipinski definition) is 5. The number of nitrogens with zero attached hydrogens (tertiary/aromatic N) is 2. The maximum atomic E-state index is 10.7. The third kappa shape index (κ3) is 2.96. The topological polar surface area (TPSA) is 53.4 Å². The first-order chi connectivity index (χ1) is 7.65. The fraction of sp³-hybridized carbons (Fsp3) is 0.600. The molecule has 1 aromatic rings. The molecule has 0 aliphatic carbocycles. The van der Waals surface area contributed by atoms with Gasteiger partial charge in [-0.1, -0.05) is 6.92 Å². The minimum absolute atomic E-state index is 0.189. The summed E-state index contributed by atoms with van der Waals surface area (Å²) in [5, 5.41) is 11.5. The van der Waals surface area contributed by atoms with Crippen LogP contribution in [0.3, 0.4) is 0 Å². The van der Waals surface area contributed by atoms with Crippen molar-refractivity contribution in [1.82, 2.24) is 9.88 Å². The van der Waals surface area contributed by atoms with E-state index in [0.29, 0.717) is 5.25 Å². The van der Waals surface area contributed by atoms with Crippen LogP contribution in [0.2, 0.25) is 0 Å². The Hall–Kier alpha value is -0.590. The van der Waals surface area contributed by atoms with E-state index in [1.807, 2.05) is 17.1 Å². The molecular weight excluding hydrogens is 244 g/mol. The van der Waals surface area contributed by atoms with E-state index in [1.54, 1.807) is 0 Å². The standard InChI is InChI=1S/C10H14N2O2S2/c1-7-4-12(2-3-15-7)5-8-6-16-9(11-8)10(13)14/h6-7H,2-5H2,1H3,(H,13,14). The van der Waals surface area contributed by atoms with Crippen molar-refractivity contribution in [3.8, 4) is 0 Å². The van der Waals surface area contributed by atoms with Gasteiger partial charge in [-0.05, 0) is 0 Å². The van der Waals surface area contributed by atoms with E-state index in [2.05, 4.69) is 16.8 Å². The third-order valence-corrected chi connectivity index (χ3v) is 4.46. The molecule has 2 heterocycles. The molecule has 0 radical (unpaired) electrons. The number of carboxylic acids is 1. The zero-order valence-electron chi connectivity index (χ0n) is 9.05. The lowest BCUT2D eigenvalue weighted by atomic mass is 10.3. The highest BCUT2D eigenvalue weighted by Crippen LogP contribution is 2.20. The molecular formula is C10H14N2O2S2. The van der Waals surface area contributed by atoms with Gasteiger partial charge in [-0.15, -0.1) is 11.3 Å². The smallest absolute Gasteiger partial charge is 0.365 e. The van der Waals surface area contributed by atoms with Crippen LogP contribution in [0.15, 0.2) is 5.38 Å². The molecule has 1 aliphatic rings. The van der Waals surface area contributed by atoms with E-state index in [-0.39, 0.29) is 5.01 Å². The molecule has 1 fully saturated rings. The molecule has 1 atom stereocenters. The van der Waals surface area contributed by atoms with Gasteiger partial charge in [0.2, 0.25) is 5.01 Å². The molecule has 1 aliphatic heterocycles. The third-order valence-electron chi connectivity index (χ3n) is 2.45. The van der Waals surface area contributed by atoms with Crippen LogP contribution in [0, 0.1) is 0 Å². The monoisotopic (exact) mass is 258 g/mol. The van der Waals surface area contributed by atoms with Crippen molar-refractivity contribution < 1.29 is 9.90 Å². The van der Waals surface area contributed by atoms with Crippen LogP contribution >= 0.6 is 23.1 Å². The molecule has 6 heteroatoms. The zero-order chi connectivity index (χ0) is 11.5. The quantitative estimate of drug-likeness (QED) is 0.895. The number of carboxylic acid groups (broad SMARTS) is 1. The van der Waals surface area contributed by atoms with E-state index in [9.17, 15) is 4.79 Å². The van der Waals surface area contributed by atoms with Crippen LogP contribution in [0.4, 0.5) is 0 Å². The average molecular weight is 258 g/mol. The highest BCUT2D eigenvalue weighted by atomic mass is 32.2. The number of aromatic nitrogens is 1. The second-order valence-electron chi connectivity index (χ2n) is 3.87. The zero-order valence-corrected chi connectivity index (χ0v) is 10.7. The summed E-state index contributed by atoms with van der Waals surface area (Å²) in [6, 6.07) is 0. The number of thiazole rings is 1. The predicted octanol–water partition coefficient (Wildman–Crippen LogP) is 1.78. The van der Waals surface area contributed by atoms with Crippen LogP contribution in [0.1, 0.15) is 22.4 Å². The molecule has 0 spiro atoms. The van der Waals surface area contributed by atoms with Gasteiger partial charge in [-0.3, -0.25) is 4.90 Å². The summed E-state index contributed by atoms with van der Waals surface area (Å²) in [5.41, 5.74) is 0.876. The van der Waals surface area contributed by atoms with Crippen LogP contribution in [0.25, 0.3) is 0 Å². The summed E-state index contributed by atoms with van der Waals surface area (Å²) < 4.78 is 0. The van der Waals surface area contributed by atoms with Crippen LogP contribution in [-0.2, 0) is 6.54 Å². The van der Waals surface area contributed by atoms with Crippen molar-refractivity contribution in [2.45, 2.75) is 18.7 Å². The first-order valence-electron chi connectivity index (χ1n) is 5.17. The molecule has 0 amide bonds. The first kappa shape index (κ1) is 11.9. The summed E-state index contributed by atoms with van der Waals surface area (Å²) in [5.74, 6) is 0.218. The van der Waals surface area contributed by atoms with Crippen molar-refractivity contribution >= 4 is 29.1 Å². The highest BCUT2D eigenvalue weighted by molar-refractivity contribution is 7.99. The van der Waals surface area contributed by atoms with Gasteiger partial charge in [-0.25, -0.2) is 9.78 Å². The Balaban J connectivity index is 1.95. The molecule has 88 valence electrons. The van der Waals surface area contributed by atoms with Crippen LogP contribution in [0.5, 0.6) is 0 Å². The maximum Gasteiger partial charge on any atom is 0.365 e. The maximum absolute atomic E-state index is 10.7. The molecule has 0 bridgehead atoms. The largest absolute Gasteiger partial charge is 0.476 e. The summed E-state index contributed by atoms with van der Waals surface area (Å²) in [6.07, 6.45) is 0. The second-order valence-corrected chi connectivity index (χ2v) is 6.27. The molecule has 4 nitrogen and oxygen atoms in total. The lowest BCUT2D eigenvalue weighted by Gasteiger charge is -2.29. The van der Waals surface area contributed by atoms with Crippen LogP contribution < -0.4 is 0 Å². The van der Waals surface area contributed by atoms with Gasteiger partial charge in [0.25, 0.3) is 0 Å². The number of aromatic carboxylic acids is 1. The normalized spacial score (nSPS) is 22.2.